The third-order valence-electron chi connectivity index (χ3n) is 3.69. The van der Waals surface area contributed by atoms with E-state index in [1.165, 1.54) is 0 Å². The molecule has 3 rings (SSSR count). The van der Waals surface area contributed by atoms with E-state index >= 15 is 0 Å². The Morgan fingerprint density at radius 3 is 2.25 bits per heavy atom. The van der Waals surface area contributed by atoms with Gasteiger partial charge in [-0.15, -0.1) is 0 Å². The van der Waals surface area contributed by atoms with Gasteiger partial charge in [-0.1, -0.05) is 60.1 Å². The molecule has 0 fully saturated rings. The second-order valence-electron chi connectivity index (χ2n) is 6.72. The molecule has 3 heteroatoms. The van der Waals surface area contributed by atoms with Crippen LogP contribution in [0.2, 0.25) is 5.02 Å². The van der Waals surface area contributed by atoms with Gasteiger partial charge in [0.15, 0.2) is 0 Å². The van der Waals surface area contributed by atoms with Crippen LogP contribution in [0.1, 0.15) is 31.1 Å². The van der Waals surface area contributed by atoms with Crippen molar-refractivity contribution in [3.63, 3.8) is 0 Å². The average molecular weight is 339 g/mol. The van der Waals surface area contributed by atoms with Gasteiger partial charge in [0, 0.05) is 5.02 Å². The lowest BCUT2D eigenvalue weighted by atomic mass is 9.94. The molecule has 0 unspecified atom stereocenters. The second-order valence-corrected chi connectivity index (χ2v) is 7.15. The molecule has 0 spiro atoms. The third-order valence-corrected chi connectivity index (χ3v) is 3.94. The molecule has 0 aliphatic carbocycles. The number of carbonyl (C=O) groups is 1. The zero-order valence-electron chi connectivity index (χ0n) is 14.0. The van der Waals surface area contributed by atoms with Crippen LogP contribution in [0.3, 0.4) is 0 Å². The van der Waals surface area contributed by atoms with E-state index in [0.29, 0.717) is 10.6 Å². The molecule has 0 bridgehead atoms. The van der Waals surface area contributed by atoms with Gasteiger partial charge in [-0.05, 0) is 54.8 Å². The quantitative estimate of drug-likeness (QED) is 0.526. The van der Waals surface area contributed by atoms with E-state index in [2.05, 4.69) is 0 Å². The molecule has 0 aliphatic rings. The molecule has 0 N–H and O–H groups in total. The van der Waals surface area contributed by atoms with Crippen LogP contribution >= 0.6 is 11.6 Å². The summed E-state index contributed by atoms with van der Waals surface area (Å²) in [4.78, 5) is 12.9. The van der Waals surface area contributed by atoms with Gasteiger partial charge in [-0.25, -0.2) is 4.79 Å². The molecule has 0 radical (unpaired) electrons. The number of hydrogen-bond acceptors (Lipinski definition) is 2. The van der Waals surface area contributed by atoms with Crippen molar-refractivity contribution in [3.05, 3.63) is 71.2 Å². The summed E-state index contributed by atoms with van der Waals surface area (Å²) in [7, 11) is 0. The van der Waals surface area contributed by atoms with E-state index in [4.69, 9.17) is 16.3 Å². The van der Waals surface area contributed by atoms with E-state index in [-0.39, 0.29) is 5.97 Å². The minimum Gasteiger partial charge on any atom is -0.456 e. The first-order chi connectivity index (χ1) is 11.3. The highest BCUT2D eigenvalue weighted by molar-refractivity contribution is 6.30. The van der Waals surface area contributed by atoms with E-state index in [1.807, 2.05) is 81.4 Å². The Kier molecular flexibility index (Phi) is 4.33. The Labute approximate surface area is 147 Å². The Hall–Kier alpha value is -2.32. The Balaban J connectivity index is 2.23. The number of fused-ring (bicyclic) bond motifs is 1. The van der Waals surface area contributed by atoms with Crippen molar-refractivity contribution < 1.29 is 9.53 Å². The number of halogens is 1. The fourth-order valence-electron chi connectivity index (χ4n) is 2.69. The van der Waals surface area contributed by atoms with Crippen molar-refractivity contribution in [2.24, 2.45) is 0 Å². The van der Waals surface area contributed by atoms with Gasteiger partial charge in [0.1, 0.15) is 5.60 Å². The maximum atomic E-state index is 12.9. The molecule has 3 aromatic carbocycles. The van der Waals surface area contributed by atoms with Crippen LogP contribution < -0.4 is 0 Å². The van der Waals surface area contributed by atoms with Crippen molar-refractivity contribution in [1.82, 2.24) is 0 Å². The zero-order valence-corrected chi connectivity index (χ0v) is 14.7. The Morgan fingerprint density at radius 1 is 0.917 bits per heavy atom. The minimum atomic E-state index is -0.550. The standard InChI is InChI=1S/C21H19ClO2/c1-21(2,3)24-20(23)19-17-7-5-4-6-14(17)10-13-18(19)15-8-11-16(22)12-9-15/h4-13H,1-3H3. The first-order valence-electron chi connectivity index (χ1n) is 7.86. The third kappa shape index (κ3) is 3.44. The van der Waals surface area contributed by atoms with E-state index < -0.39 is 5.60 Å². The van der Waals surface area contributed by atoms with Gasteiger partial charge in [-0.2, -0.15) is 0 Å². The van der Waals surface area contributed by atoms with Crippen LogP contribution in [0.15, 0.2) is 60.7 Å². The summed E-state index contributed by atoms with van der Waals surface area (Å²) in [5.74, 6) is -0.316. The summed E-state index contributed by atoms with van der Waals surface area (Å²) < 4.78 is 5.65. The van der Waals surface area contributed by atoms with E-state index in [0.717, 1.165) is 21.9 Å². The van der Waals surface area contributed by atoms with Crippen molar-refractivity contribution in [2.75, 3.05) is 0 Å². The normalized spacial score (nSPS) is 11.5. The number of esters is 1. The fraction of sp³-hybridized carbons (Fsp3) is 0.190. The first kappa shape index (κ1) is 16.5. The van der Waals surface area contributed by atoms with Gasteiger partial charge in [0.05, 0.1) is 5.56 Å². The molecular weight excluding hydrogens is 320 g/mol. The average Bonchev–Trinajstić information content (AvgIpc) is 2.53. The van der Waals surface area contributed by atoms with Crippen molar-refractivity contribution in [3.8, 4) is 11.1 Å². The first-order valence-corrected chi connectivity index (χ1v) is 8.24. The molecule has 0 saturated heterocycles. The van der Waals surface area contributed by atoms with Crippen LogP contribution in [0.25, 0.3) is 21.9 Å². The molecular formula is C21H19ClO2. The summed E-state index contributed by atoms with van der Waals surface area (Å²) in [6.45, 7) is 5.62. The number of carbonyl (C=O) groups excluding carboxylic acids is 1. The molecule has 0 amide bonds. The van der Waals surface area contributed by atoms with Crippen LogP contribution in [-0.4, -0.2) is 11.6 Å². The van der Waals surface area contributed by atoms with Crippen LogP contribution in [-0.2, 0) is 4.74 Å². The SMILES string of the molecule is CC(C)(C)OC(=O)c1c(-c2ccc(Cl)cc2)ccc2ccccc12. The minimum absolute atomic E-state index is 0.316. The second kappa shape index (κ2) is 6.29. The summed E-state index contributed by atoms with van der Waals surface area (Å²) >= 11 is 5.99. The Bertz CT molecular complexity index is 890. The van der Waals surface area contributed by atoms with E-state index in [9.17, 15) is 4.79 Å². The fourth-order valence-corrected chi connectivity index (χ4v) is 2.82. The van der Waals surface area contributed by atoms with Gasteiger partial charge in [0.2, 0.25) is 0 Å². The molecule has 0 heterocycles. The summed E-state index contributed by atoms with van der Waals surface area (Å²) in [6, 6.07) is 19.3. The topological polar surface area (TPSA) is 26.3 Å². The Morgan fingerprint density at radius 2 is 1.58 bits per heavy atom. The molecule has 0 atom stereocenters. The summed E-state index contributed by atoms with van der Waals surface area (Å²) in [5.41, 5.74) is 1.82. The monoisotopic (exact) mass is 338 g/mol. The number of rotatable bonds is 2. The number of benzene rings is 3. The number of hydrogen-bond donors (Lipinski definition) is 0. The lowest BCUT2D eigenvalue weighted by molar-refractivity contribution is 0.00728. The van der Waals surface area contributed by atoms with Gasteiger partial charge in [-0.3, -0.25) is 0 Å². The van der Waals surface area contributed by atoms with E-state index in [1.54, 1.807) is 0 Å². The predicted octanol–water partition coefficient (Wildman–Crippen LogP) is 6.12. The number of ether oxygens (including phenoxy) is 1. The smallest absolute Gasteiger partial charge is 0.339 e. The highest BCUT2D eigenvalue weighted by Crippen LogP contribution is 2.32. The lowest BCUT2D eigenvalue weighted by Gasteiger charge is -2.21. The van der Waals surface area contributed by atoms with Gasteiger partial charge in [0.25, 0.3) is 0 Å². The van der Waals surface area contributed by atoms with Crippen molar-refractivity contribution >= 4 is 28.3 Å². The summed E-state index contributed by atoms with van der Waals surface area (Å²) in [6.07, 6.45) is 0. The van der Waals surface area contributed by atoms with Crippen LogP contribution in [0.5, 0.6) is 0 Å². The van der Waals surface area contributed by atoms with Crippen LogP contribution in [0.4, 0.5) is 0 Å². The summed E-state index contributed by atoms with van der Waals surface area (Å²) in [5, 5.41) is 2.56. The van der Waals surface area contributed by atoms with Gasteiger partial charge < -0.3 is 4.74 Å². The molecule has 0 aliphatic heterocycles. The lowest BCUT2D eigenvalue weighted by Crippen LogP contribution is -2.24. The largest absolute Gasteiger partial charge is 0.456 e. The molecule has 0 aromatic heterocycles. The highest BCUT2D eigenvalue weighted by atomic mass is 35.5. The predicted molar refractivity (Wildman–Crippen MR) is 99.6 cm³/mol. The zero-order chi connectivity index (χ0) is 17.3. The molecule has 24 heavy (non-hydrogen) atoms. The van der Waals surface area contributed by atoms with Crippen molar-refractivity contribution in [1.29, 1.82) is 0 Å². The molecule has 2 nitrogen and oxygen atoms in total. The van der Waals surface area contributed by atoms with Crippen molar-refractivity contribution in [2.45, 2.75) is 26.4 Å². The molecule has 122 valence electrons. The molecule has 0 saturated carbocycles. The van der Waals surface area contributed by atoms with Gasteiger partial charge >= 0.3 is 5.97 Å². The maximum absolute atomic E-state index is 12.9. The van der Waals surface area contributed by atoms with Crippen LogP contribution in [0, 0.1) is 0 Å². The molecule has 3 aromatic rings. The highest BCUT2D eigenvalue weighted by Gasteiger charge is 2.23. The maximum Gasteiger partial charge on any atom is 0.339 e.